The summed E-state index contributed by atoms with van der Waals surface area (Å²) in [6, 6.07) is 7.14. The molecule has 0 aliphatic heterocycles. The molecule has 1 aromatic rings. The lowest BCUT2D eigenvalue weighted by Crippen LogP contribution is -2.44. The molecule has 21 heavy (non-hydrogen) atoms. The number of benzene rings is 1. The van der Waals surface area contributed by atoms with Crippen LogP contribution in [0.5, 0.6) is 5.75 Å². The van der Waals surface area contributed by atoms with Crippen molar-refractivity contribution in [1.82, 2.24) is 10.2 Å². The van der Waals surface area contributed by atoms with Crippen LogP contribution in [-0.4, -0.2) is 48.2 Å². The number of aliphatic carboxylic acids is 1. The lowest BCUT2D eigenvalue weighted by atomic mass is 10.2. The van der Waals surface area contributed by atoms with Crippen LogP contribution in [0, 0.1) is 6.92 Å². The van der Waals surface area contributed by atoms with Crippen molar-refractivity contribution in [1.29, 1.82) is 0 Å². The molecule has 0 saturated carbocycles. The molecule has 0 heterocycles. The zero-order valence-electron chi connectivity index (χ0n) is 12.0. The standard InChI is InChI=1S/C15H20N2O4/c1-3-8-17(11-14(18)19)15(20)16-7-9-21-13-6-4-5-12(2)10-13/h3-6,10H,1,7-9,11H2,2H3,(H,16,20)(H,18,19). The van der Waals surface area contributed by atoms with E-state index in [0.717, 1.165) is 16.2 Å². The van der Waals surface area contributed by atoms with Crippen LogP contribution in [0.3, 0.4) is 0 Å². The highest BCUT2D eigenvalue weighted by atomic mass is 16.5. The minimum absolute atomic E-state index is 0.177. The van der Waals surface area contributed by atoms with Gasteiger partial charge in [-0.2, -0.15) is 0 Å². The summed E-state index contributed by atoms with van der Waals surface area (Å²) in [6.07, 6.45) is 1.48. The Kier molecular flexibility index (Phi) is 6.80. The van der Waals surface area contributed by atoms with E-state index in [4.69, 9.17) is 9.84 Å². The van der Waals surface area contributed by atoms with Crippen molar-refractivity contribution in [3.8, 4) is 5.75 Å². The van der Waals surface area contributed by atoms with Crippen LogP contribution >= 0.6 is 0 Å². The van der Waals surface area contributed by atoms with Gasteiger partial charge in [0.2, 0.25) is 0 Å². The van der Waals surface area contributed by atoms with Crippen molar-refractivity contribution >= 4 is 12.0 Å². The second-order valence-electron chi connectivity index (χ2n) is 4.46. The zero-order chi connectivity index (χ0) is 15.7. The van der Waals surface area contributed by atoms with E-state index in [1.54, 1.807) is 0 Å². The molecule has 0 unspecified atom stereocenters. The van der Waals surface area contributed by atoms with E-state index in [2.05, 4.69) is 11.9 Å². The van der Waals surface area contributed by atoms with Gasteiger partial charge in [-0.15, -0.1) is 6.58 Å². The molecule has 114 valence electrons. The Morgan fingerprint density at radius 3 is 2.86 bits per heavy atom. The summed E-state index contributed by atoms with van der Waals surface area (Å²) >= 11 is 0. The van der Waals surface area contributed by atoms with Crippen molar-refractivity contribution in [3.63, 3.8) is 0 Å². The van der Waals surface area contributed by atoms with Crippen LogP contribution in [0.2, 0.25) is 0 Å². The number of aryl methyl sites for hydroxylation is 1. The Bertz CT molecular complexity index is 502. The van der Waals surface area contributed by atoms with Crippen LogP contribution in [0.4, 0.5) is 4.79 Å². The fourth-order valence-electron chi connectivity index (χ4n) is 1.68. The number of nitrogens with one attached hydrogen (secondary N) is 1. The van der Waals surface area contributed by atoms with E-state index in [1.807, 2.05) is 31.2 Å². The molecule has 0 aromatic heterocycles. The van der Waals surface area contributed by atoms with Crippen LogP contribution < -0.4 is 10.1 Å². The number of amides is 2. The summed E-state index contributed by atoms with van der Waals surface area (Å²) < 4.78 is 5.49. The molecular formula is C15H20N2O4. The largest absolute Gasteiger partial charge is 0.492 e. The van der Waals surface area contributed by atoms with Crippen molar-refractivity contribution in [2.75, 3.05) is 26.2 Å². The lowest BCUT2D eigenvalue weighted by molar-refractivity contribution is -0.137. The second kappa shape index (κ2) is 8.63. The first-order valence-corrected chi connectivity index (χ1v) is 6.58. The van der Waals surface area contributed by atoms with E-state index in [0.29, 0.717) is 13.2 Å². The molecule has 0 aliphatic carbocycles. The van der Waals surface area contributed by atoms with E-state index < -0.39 is 12.0 Å². The van der Waals surface area contributed by atoms with Crippen LogP contribution in [0.15, 0.2) is 36.9 Å². The molecule has 0 aliphatic rings. The summed E-state index contributed by atoms with van der Waals surface area (Å²) in [4.78, 5) is 23.6. The molecule has 0 atom stereocenters. The topological polar surface area (TPSA) is 78.9 Å². The Balaban J connectivity index is 2.34. The molecule has 6 nitrogen and oxygen atoms in total. The predicted molar refractivity (Wildman–Crippen MR) is 79.5 cm³/mol. The highest BCUT2D eigenvalue weighted by Crippen LogP contribution is 2.11. The van der Waals surface area contributed by atoms with E-state index in [-0.39, 0.29) is 13.1 Å². The molecule has 2 amide bonds. The summed E-state index contributed by atoms with van der Waals surface area (Å²) in [7, 11) is 0. The monoisotopic (exact) mass is 292 g/mol. The number of ether oxygens (including phenoxy) is 1. The minimum Gasteiger partial charge on any atom is -0.492 e. The number of carboxylic acid groups (broad SMARTS) is 1. The van der Waals surface area contributed by atoms with Gasteiger partial charge in [0.1, 0.15) is 18.9 Å². The SMILES string of the molecule is C=CCN(CC(=O)O)C(=O)NCCOc1cccc(C)c1. The van der Waals surface area contributed by atoms with Crippen LogP contribution in [-0.2, 0) is 4.79 Å². The molecule has 6 heteroatoms. The number of hydrogen-bond donors (Lipinski definition) is 2. The third kappa shape index (κ3) is 6.47. The molecule has 0 fully saturated rings. The predicted octanol–water partition coefficient (Wildman–Crippen LogP) is 1.66. The highest BCUT2D eigenvalue weighted by Gasteiger charge is 2.14. The Morgan fingerprint density at radius 2 is 2.24 bits per heavy atom. The number of rotatable bonds is 8. The van der Waals surface area contributed by atoms with Crippen molar-refractivity contribution in [2.45, 2.75) is 6.92 Å². The third-order valence-corrected chi connectivity index (χ3v) is 2.60. The van der Waals surface area contributed by atoms with Gasteiger partial charge in [0, 0.05) is 6.54 Å². The summed E-state index contributed by atoms with van der Waals surface area (Å²) in [6.45, 7) is 5.88. The molecule has 1 rings (SSSR count). The lowest BCUT2D eigenvalue weighted by Gasteiger charge is -2.19. The van der Waals surface area contributed by atoms with Crippen LogP contribution in [0.25, 0.3) is 0 Å². The van der Waals surface area contributed by atoms with Crippen molar-refractivity contribution < 1.29 is 19.4 Å². The molecule has 2 N–H and O–H groups in total. The van der Waals surface area contributed by atoms with Gasteiger partial charge >= 0.3 is 12.0 Å². The first-order chi connectivity index (χ1) is 10.0. The molecule has 0 spiro atoms. The maximum atomic E-state index is 11.8. The Hall–Kier alpha value is -2.50. The molecule has 0 saturated heterocycles. The number of carbonyl (C=O) groups is 2. The average molecular weight is 292 g/mol. The number of nitrogens with zero attached hydrogens (tertiary/aromatic N) is 1. The fraction of sp³-hybridized carbons (Fsp3) is 0.333. The zero-order valence-corrected chi connectivity index (χ0v) is 12.0. The quantitative estimate of drug-likeness (QED) is 0.564. The van der Waals surface area contributed by atoms with Gasteiger partial charge in [-0.3, -0.25) is 4.79 Å². The molecule has 0 bridgehead atoms. The normalized spacial score (nSPS) is 9.76. The molecular weight excluding hydrogens is 272 g/mol. The van der Waals surface area contributed by atoms with Gasteiger partial charge in [-0.05, 0) is 24.6 Å². The summed E-state index contributed by atoms with van der Waals surface area (Å²) in [5.41, 5.74) is 1.09. The smallest absolute Gasteiger partial charge is 0.323 e. The van der Waals surface area contributed by atoms with Gasteiger partial charge < -0.3 is 20.1 Å². The van der Waals surface area contributed by atoms with Crippen LogP contribution in [0.1, 0.15) is 5.56 Å². The Morgan fingerprint density at radius 1 is 1.48 bits per heavy atom. The number of hydrogen-bond acceptors (Lipinski definition) is 3. The Labute approximate surface area is 124 Å². The van der Waals surface area contributed by atoms with Gasteiger partial charge in [0.05, 0.1) is 6.54 Å². The minimum atomic E-state index is -1.07. The van der Waals surface area contributed by atoms with E-state index >= 15 is 0 Å². The summed E-state index contributed by atoms with van der Waals surface area (Å²) in [5.74, 6) is -0.333. The number of carboxylic acids is 1. The highest BCUT2D eigenvalue weighted by molar-refractivity contribution is 5.80. The van der Waals surface area contributed by atoms with Gasteiger partial charge in [-0.25, -0.2) is 4.79 Å². The van der Waals surface area contributed by atoms with Gasteiger partial charge in [-0.1, -0.05) is 18.2 Å². The fourth-order valence-corrected chi connectivity index (χ4v) is 1.68. The number of carbonyl (C=O) groups excluding carboxylic acids is 1. The summed E-state index contributed by atoms with van der Waals surface area (Å²) in [5, 5.41) is 11.3. The van der Waals surface area contributed by atoms with Crippen molar-refractivity contribution in [3.05, 3.63) is 42.5 Å². The average Bonchev–Trinajstić information content (AvgIpc) is 2.42. The maximum absolute atomic E-state index is 11.8. The van der Waals surface area contributed by atoms with E-state index in [9.17, 15) is 9.59 Å². The van der Waals surface area contributed by atoms with Gasteiger partial charge in [0.25, 0.3) is 0 Å². The first-order valence-electron chi connectivity index (χ1n) is 6.58. The first kappa shape index (κ1) is 16.6. The van der Waals surface area contributed by atoms with Crippen molar-refractivity contribution in [2.24, 2.45) is 0 Å². The molecule has 0 radical (unpaired) electrons. The third-order valence-electron chi connectivity index (χ3n) is 2.60. The van der Waals surface area contributed by atoms with E-state index in [1.165, 1.54) is 6.08 Å². The second-order valence-corrected chi connectivity index (χ2v) is 4.46. The van der Waals surface area contributed by atoms with Gasteiger partial charge in [0.15, 0.2) is 0 Å². The maximum Gasteiger partial charge on any atom is 0.323 e. The number of urea groups is 1. The molecule has 1 aromatic carbocycles.